The third kappa shape index (κ3) is 2.76. The van der Waals surface area contributed by atoms with Gasteiger partial charge in [0.15, 0.2) is 0 Å². The van der Waals surface area contributed by atoms with Crippen LogP contribution in [0.25, 0.3) is 10.9 Å². The Labute approximate surface area is 142 Å². The summed E-state index contributed by atoms with van der Waals surface area (Å²) in [5.41, 5.74) is -1.51. The molecule has 1 saturated carbocycles. The Hall–Kier alpha value is -2.15. The Bertz CT molecular complexity index is 857. The molecule has 25 heavy (non-hydrogen) atoms. The van der Waals surface area contributed by atoms with E-state index in [1.807, 2.05) is 6.92 Å². The molecule has 1 aromatic carbocycles. The van der Waals surface area contributed by atoms with Crippen molar-refractivity contribution in [2.45, 2.75) is 43.5 Å². The van der Waals surface area contributed by atoms with E-state index in [2.05, 4.69) is 10.3 Å². The van der Waals surface area contributed by atoms with Gasteiger partial charge in [0, 0.05) is 17.5 Å². The molecule has 3 aliphatic rings. The van der Waals surface area contributed by atoms with Gasteiger partial charge in [0.05, 0.1) is 16.7 Å². The number of nitrogens with one attached hydrogen (secondary N) is 1. The molecule has 1 amide bonds. The monoisotopic (exact) mass is 350 g/mol. The summed E-state index contributed by atoms with van der Waals surface area (Å²) in [5.74, 6) is -0.493. The number of amides is 1. The van der Waals surface area contributed by atoms with E-state index in [0.29, 0.717) is 31.3 Å². The summed E-state index contributed by atoms with van der Waals surface area (Å²) >= 11 is 0. The fraction of sp³-hybridized carbons (Fsp3) is 0.444. The van der Waals surface area contributed by atoms with Gasteiger partial charge in [0.1, 0.15) is 5.69 Å². The molecule has 3 heterocycles. The molecule has 1 aliphatic carbocycles. The van der Waals surface area contributed by atoms with Gasteiger partial charge in [-0.3, -0.25) is 4.79 Å². The van der Waals surface area contributed by atoms with E-state index in [1.165, 1.54) is 6.07 Å². The summed E-state index contributed by atoms with van der Waals surface area (Å²) in [6, 6.07) is 7.22. The van der Waals surface area contributed by atoms with Gasteiger partial charge in [-0.2, -0.15) is 13.2 Å². The number of benzene rings is 1. The second-order valence-electron chi connectivity index (χ2n) is 7.21. The minimum absolute atomic E-state index is 0.00685. The van der Waals surface area contributed by atoms with E-state index >= 15 is 0 Å². The molecule has 3 fully saturated rings. The van der Waals surface area contributed by atoms with Crippen LogP contribution in [0.3, 0.4) is 0 Å². The van der Waals surface area contributed by atoms with Gasteiger partial charge >= 0.3 is 6.18 Å². The molecule has 1 aromatic heterocycles. The number of hydrogen-bond acceptors (Lipinski definition) is 3. The van der Waals surface area contributed by atoms with Crippen LogP contribution in [0.2, 0.25) is 0 Å². The normalized spacial score (nSPS) is 28.5. The lowest BCUT2D eigenvalue weighted by Crippen LogP contribution is -2.68. The fourth-order valence-corrected chi connectivity index (χ4v) is 4.12. The van der Waals surface area contributed by atoms with Crippen LogP contribution in [0, 0.1) is 0 Å². The van der Waals surface area contributed by atoms with Gasteiger partial charge in [-0.1, -0.05) is 18.2 Å². The first-order valence-electron chi connectivity index (χ1n) is 8.13. The van der Waals surface area contributed by atoms with E-state index < -0.39 is 17.8 Å². The second kappa shape index (κ2) is 5.17. The second-order valence-corrected chi connectivity index (χ2v) is 7.21. The molecule has 2 saturated heterocycles. The van der Waals surface area contributed by atoms with Crippen LogP contribution in [0.4, 0.5) is 13.2 Å². The highest BCUT2D eigenvalue weighted by Gasteiger charge is 2.56. The van der Waals surface area contributed by atoms with Crippen LogP contribution >= 0.6 is 0 Å². The van der Waals surface area contributed by atoms with Gasteiger partial charge < -0.3 is 10.1 Å². The van der Waals surface area contributed by atoms with Crippen molar-refractivity contribution < 1.29 is 22.7 Å². The van der Waals surface area contributed by atoms with E-state index in [0.717, 1.165) is 6.07 Å². The van der Waals surface area contributed by atoms with Crippen molar-refractivity contribution in [2.24, 2.45) is 0 Å². The first-order chi connectivity index (χ1) is 11.7. The highest BCUT2D eigenvalue weighted by Crippen LogP contribution is 2.50. The summed E-state index contributed by atoms with van der Waals surface area (Å²) in [5, 5.41) is 3.37. The number of pyridine rings is 1. The quantitative estimate of drug-likeness (QED) is 0.899. The van der Waals surface area contributed by atoms with Gasteiger partial charge in [0.25, 0.3) is 5.91 Å². The van der Waals surface area contributed by atoms with Crippen LogP contribution in [0.15, 0.2) is 30.3 Å². The molecular weight excluding hydrogens is 333 g/mol. The third-order valence-corrected chi connectivity index (χ3v) is 5.09. The average molecular weight is 350 g/mol. The summed E-state index contributed by atoms with van der Waals surface area (Å²) in [6.07, 6.45) is -2.57. The number of fused-ring (bicyclic) bond motifs is 3. The molecular formula is C18H17F3N2O2. The van der Waals surface area contributed by atoms with E-state index in [4.69, 9.17) is 4.74 Å². The maximum atomic E-state index is 13.1. The molecule has 0 atom stereocenters. The Morgan fingerprint density at radius 3 is 2.68 bits per heavy atom. The standard InChI is InChI=1S/C18H17F3N2O2/c1-16-9-17(10-16,6-7-25-16)23-15(24)12-8-14(18(19,20)21)22-13-5-3-2-4-11(12)13/h2-5,8H,6-7,9-10H2,1H3,(H,23,24). The number of carbonyl (C=O) groups is 1. The molecule has 0 unspecified atom stereocenters. The smallest absolute Gasteiger partial charge is 0.375 e. The SMILES string of the molecule is CC12CC(NC(=O)c3cc(C(F)(F)F)nc4ccccc34)(CCO1)C2. The number of hydrogen-bond donors (Lipinski definition) is 1. The topological polar surface area (TPSA) is 51.2 Å². The average Bonchev–Trinajstić information content (AvgIpc) is 2.51. The Balaban J connectivity index is 1.71. The predicted molar refractivity (Wildman–Crippen MR) is 85.2 cm³/mol. The number of carbonyl (C=O) groups excluding carboxylic acids is 1. The molecule has 2 bridgehead atoms. The van der Waals surface area contributed by atoms with E-state index in [9.17, 15) is 18.0 Å². The van der Waals surface area contributed by atoms with Crippen molar-refractivity contribution in [1.29, 1.82) is 0 Å². The molecule has 2 aliphatic heterocycles. The Morgan fingerprint density at radius 2 is 2.00 bits per heavy atom. The summed E-state index contributed by atoms with van der Waals surface area (Å²) in [7, 11) is 0. The molecule has 0 spiro atoms. The molecule has 1 N–H and O–H groups in total. The van der Waals surface area contributed by atoms with Crippen molar-refractivity contribution in [2.75, 3.05) is 6.61 Å². The maximum absolute atomic E-state index is 13.1. The van der Waals surface area contributed by atoms with Gasteiger partial charge in [-0.15, -0.1) is 0 Å². The van der Waals surface area contributed by atoms with Gasteiger partial charge in [-0.05, 0) is 38.3 Å². The van der Waals surface area contributed by atoms with Crippen LogP contribution < -0.4 is 5.32 Å². The van der Waals surface area contributed by atoms with Gasteiger partial charge in [-0.25, -0.2) is 4.98 Å². The number of alkyl halides is 3. The maximum Gasteiger partial charge on any atom is 0.433 e. The van der Waals surface area contributed by atoms with Crippen molar-refractivity contribution in [3.8, 4) is 0 Å². The molecule has 4 nitrogen and oxygen atoms in total. The van der Waals surface area contributed by atoms with Crippen LogP contribution in [-0.2, 0) is 10.9 Å². The summed E-state index contributed by atoms with van der Waals surface area (Å²) in [6.45, 7) is 2.53. The fourth-order valence-electron chi connectivity index (χ4n) is 4.12. The zero-order valence-electron chi connectivity index (χ0n) is 13.6. The number of halogens is 3. The van der Waals surface area contributed by atoms with Crippen LogP contribution in [0.5, 0.6) is 0 Å². The number of aromatic nitrogens is 1. The lowest BCUT2D eigenvalue weighted by Gasteiger charge is -2.58. The summed E-state index contributed by atoms with van der Waals surface area (Å²) < 4.78 is 45.1. The minimum atomic E-state index is -4.61. The van der Waals surface area contributed by atoms with Crippen molar-refractivity contribution in [3.05, 3.63) is 41.6 Å². The number of nitrogens with zero attached hydrogens (tertiary/aromatic N) is 1. The minimum Gasteiger partial charge on any atom is -0.375 e. The number of rotatable bonds is 2. The molecule has 132 valence electrons. The van der Waals surface area contributed by atoms with Crippen molar-refractivity contribution in [3.63, 3.8) is 0 Å². The van der Waals surface area contributed by atoms with Crippen molar-refractivity contribution in [1.82, 2.24) is 10.3 Å². The van der Waals surface area contributed by atoms with Crippen LogP contribution in [0.1, 0.15) is 42.2 Å². The number of ether oxygens (including phenoxy) is 1. The Morgan fingerprint density at radius 1 is 1.28 bits per heavy atom. The summed E-state index contributed by atoms with van der Waals surface area (Å²) in [4.78, 5) is 16.4. The molecule has 5 rings (SSSR count). The van der Waals surface area contributed by atoms with Crippen LogP contribution in [-0.4, -0.2) is 28.6 Å². The zero-order chi connectivity index (χ0) is 17.9. The highest BCUT2D eigenvalue weighted by molar-refractivity contribution is 6.06. The molecule has 2 aromatic rings. The first-order valence-corrected chi connectivity index (χ1v) is 8.13. The zero-order valence-corrected chi connectivity index (χ0v) is 13.6. The third-order valence-electron chi connectivity index (χ3n) is 5.09. The predicted octanol–water partition coefficient (Wildman–Crippen LogP) is 3.70. The van der Waals surface area contributed by atoms with Crippen molar-refractivity contribution >= 4 is 16.8 Å². The molecule has 0 radical (unpaired) electrons. The van der Waals surface area contributed by atoms with E-state index in [-0.39, 0.29) is 22.2 Å². The van der Waals surface area contributed by atoms with Gasteiger partial charge in [0.2, 0.25) is 0 Å². The largest absolute Gasteiger partial charge is 0.433 e. The lowest BCUT2D eigenvalue weighted by atomic mass is 9.62. The first kappa shape index (κ1) is 16.3. The highest BCUT2D eigenvalue weighted by atomic mass is 19.4. The Kier molecular flexibility index (Phi) is 3.38. The molecule has 7 heteroatoms. The van der Waals surface area contributed by atoms with E-state index in [1.54, 1.807) is 18.2 Å². The number of para-hydroxylation sites is 1. The lowest BCUT2D eigenvalue weighted by molar-refractivity contribution is -0.183.